The van der Waals surface area contributed by atoms with E-state index in [0.29, 0.717) is 11.8 Å². The maximum absolute atomic E-state index is 9.20. The van der Waals surface area contributed by atoms with Crippen LogP contribution in [0.1, 0.15) is 36.8 Å². The van der Waals surface area contributed by atoms with E-state index in [-0.39, 0.29) is 6.61 Å². The number of aryl methyl sites for hydroxylation is 1. The lowest BCUT2D eigenvalue weighted by Crippen LogP contribution is -2.29. The summed E-state index contributed by atoms with van der Waals surface area (Å²) in [4.78, 5) is 4.67. The first-order valence-corrected chi connectivity index (χ1v) is 6.62. The van der Waals surface area contributed by atoms with Crippen LogP contribution in [0.3, 0.4) is 0 Å². The number of aliphatic hydroxyl groups is 1. The van der Waals surface area contributed by atoms with Gasteiger partial charge in [-0.15, -0.1) is 0 Å². The molecule has 94 valence electrons. The molecule has 0 bridgehead atoms. The molecular weight excluding hydrogens is 216 g/mol. The maximum Gasteiger partial charge on any atom is 0.155 e. The summed E-state index contributed by atoms with van der Waals surface area (Å²) in [5.41, 5.74) is 0. The number of rotatable bonds is 2. The van der Waals surface area contributed by atoms with Gasteiger partial charge in [0.15, 0.2) is 5.82 Å². The number of aromatic nitrogens is 3. The van der Waals surface area contributed by atoms with Gasteiger partial charge in [0.2, 0.25) is 0 Å². The van der Waals surface area contributed by atoms with Crippen molar-refractivity contribution in [3.63, 3.8) is 0 Å². The van der Waals surface area contributed by atoms with E-state index in [4.69, 9.17) is 0 Å². The van der Waals surface area contributed by atoms with E-state index in [1.54, 1.807) is 0 Å². The van der Waals surface area contributed by atoms with Crippen LogP contribution in [0.25, 0.3) is 0 Å². The predicted octanol–water partition coefficient (Wildman–Crippen LogP) is 0.300. The van der Waals surface area contributed by atoms with E-state index >= 15 is 0 Å². The molecule has 0 spiro atoms. The van der Waals surface area contributed by atoms with Crippen LogP contribution in [0.2, 0.25) is 0 Å². The van der Waals surface area contributed by atoms with Crippen molar-refractivity contribution in [3.05, 3.63) is 11.6 Å². The summed E-state index contributed by atoms with van der Waals surface area (Å²) < 4.78 is 2.01. The van der Waals surface area contributed by atoms with Crippen molar-refractivity contribution in [1.82, 2.24) is 20.1 Å². The molecule has 17 heavy (non-hydrogen) atoms. The Morgan fingerprint density at radius 1 is 1.41 bits per heavy atom. The van der Waals surface area contributed by atoms with Crippen molar-refractivity contribution in [2.75, 3.05) is 19.7 Å². The van der Waals surface area contributed by atoms with Gasteiger partial charge in [0.05, 0.1) is 0 Å². The summed E-state index contributed by atoms with van der Waals surface area (Å²) in [5.74, 6) is 2.96. The molecule has 3 heterocycles. The van der Waals surface area contributed by atoms with Crippen LogP contribution in [0.4, 0.5) is 0 Å². The van der Waals surface area contributed by atoms with Crippen LogP contribution in [0.5, 0.6) is 0 Å². The first-order chi connectivity index (χ1) is 8.36. The molecule has 1 aromatic heterocycles. The third-order valence-electron chi connectivity index (χ3n) is 3.89. The number of hydrogen-bond acceptors (Lipinski definition) is 4. The van der Waals surface area contributed by atoms with Crippen molar-refractivity contribution in [3.8, 4) is 0 Å². The maximum atomic E-state index is 9.20. The second-order valence-corrected chi connectivity index (χ2v) is 5.20. The van der Waals surface area contributed by atoms with Gasteiger partial charge in [-0.3, -0.25) is 0 Å². The lowest BCUT2D eigenvalue weighted by Gasteiger charge is -2.20. The largest absolute Gasteiger partial charge is 0.396 e. The fourth-order valence-corrected chi connectivity index (χ4v) is 2.79. The van der Waals surface area contributed by atoms with Gasteiger partial charge < -0.3 is 10.4 Å². The molecular formula is C12H20N4O. The zero-order chi connectivity index (χ0) is 11.7. The van der Waals surface area contributed by atoms with Crippen molar-refractivity contribution >= 4 is 0 Å². The highest BCUT2D eigenvalue weighted by Crippen LogP contribution is 2.24. The molecule has 2 N–H and O–H groups in total. The average molecular weight is 236 g/mol. The van der Waals surface area contributed by atoms with Crippen LogP contribution < -0.4 is 5.32 Å². The SMILES string of the molecule is OCC1CCc2nc(C3CCCNC3)nn2C1. The molecule has 2 unspecified atom stereocenters. The normalized spacial score (nSPS) is 29.0. The van der Waals surface area contributed by atoms with Crippen molar-refractivity contribution < 1.29 is 5.11 Å². The van der Waals surface area contributed by atoms with Gasteiger partial charge in [-0.05, 0) is 25.8 Å². The molecule has 0 aliphatic carbocycles. The average Bonchev–Trinajstić information content (AvgIpc) is 2.82. The van der Waals surface area contributed by atoms with Crippen LogP contribution >= 0.6 is 0 Å². The molecule has 2 aliphatic rings. The minimum absolute atomic E-state index is 0.264. The standard InChI is InChI=1S/C12H20N4O/c17-8-9-3-4-11-14-12(15-16(11)7-9)10-2-1-5-13-6-10/h9-10,13,17H,1-8H2. The van der Waals surface area contributed by atoms with Gasteiger partial charge in [0, 0.05) is 38.0 Å². The van der Waals surface area contributed by atoms with Crippen LogP contribution in [0.15, 0.2) is 0 Å². The van der Waals surface area contributed by atoms with Crippen LogP contribution in [0, 0.1) is 5.92 Å². The van der Waals surface area contributed by atoms with Gasteiger partial charge >= 0.3 is 0 Å². The Labute approximate surface area is 101 Å². The Bertz CT molecular complexity index is 384. The zero-order valence-electron chi connectivity index (χ0n) is 10.1. The number of piperidine rings is 1. The van der Waals surface area contributed by atoms with Gasteiger partial charge in [-0.25, -0.2) is 9.67 Å². The van der Waals surface area contributed by atoms with Gasteiger partial charge in [0.25, 0.3) is 0 Å². The second kappa shape index (κ2) is 4.74. The Morgan fingerprint density at radius 2 is 2.35 bits per heavy atom. The summed E-state index contributed by atoms with van der Waals surface area (Å²) in [6.07, 6.45) is 4.41. The quantitative estimate of drug-likeness (QED) is 0.775. The summed E-state index contributed by atoms with van der Waals surface area (Å²) in [5, 5.41) is 17.2. The Morgan fingerprint density at radius 3 is 3.12 bits per heavy atom. The van der Waals surface area contributed by atoms with E-state index in [1.165, 1.54) is 12.8 Å². The zero-order valence-corrected chi connectivity index (χ0v) is 10.1. The number of aliphatic hydroxyl groups excluding tert-OH is 1. The molecule has 0 saturated carbocycles. The van der Waals surface area contributed by atoms with Crippen molar-refractivity contribution in [2.24, 2.45) is 5.92 Å². The number of nitrogens with zero attached hydrogens (tertiary/aromatic N) is 3. The van der Waals surface area contributed by atoms with E-state index in [0.717, 1.165) is 44.1 Å². The molecule has 0 radical (unpaired) electrons. The molecule has 1 saturated heterocycles. The molecule has 5 heteroatoms. The van der Waals surface area contributed by atoms with Gasteiger partial charge in [-0.2, -0.15) is 5.10 Å². The van der Waals surface area contributed by atoms with E-state index < -0.39 is 0 Å². The summed E-state index contributed by atoms with van der Waals surface area (Å²) in [7, 11) is 0. The highest BCUT2D eigenvalue weighted by molar-refractivity contribution is 5.03. The molecule has 1 aromatic rings. The third-order valence-corrected chi connectivity index (χ3v) is 3.89. The summed E-state index contributed by atoms with van der Waals surface area (Å²) in [6.45, 7) is 3.22. The first kappa shape index (κ1) is 11.2. The molecule has 0 aromatic carbocycles. The molecule has 5 nitrogen and oxygen atoms in total. The van der Waals surface area contributed by atoms with Crippen molar-refractivity contribution in [2.45, 2.75) is 38.1 Å². The number of fused-ring (bicyclic) bond motifs is 1. The fraction of sp³-hybridized carbons (Fsp3) is 0.833. The monoisotopic (exact) mass is 236 g/mol. The lowest BCUT2D eigenvalue weighted by atomic mass is 9.99. The van der Waals surface area contributed by atoms with Gasteiger partial charge in [0.1, 0.15) is 5.82 Å². The molecule has 2 aliphatic heterocycles. The third kappa shape index (κ3) is 2.21. The Balaban J connectivity index is 1.77. The Kier molecular flexibility index (Phi) is 3.11. The van der Waals surface area contributed by atoms with E-state index in [2.05, 4.69) is 15.4 Å². The molecule has 3 rings (SSSR count). The predicted molar refractivity (Wildman–Crippen MR) is 63.8 cm³/mol. The second-order valence-electron chi connectivity index (χ2n) is 5.20. The lowest BCUT2D eigenvalue weighted by molar-refractivity contribution is 0.185. The number of nitrogens with one attached hydrogen (secondary N) is 1. The highest BCUT2D eigenvalue weighted by Gasteiger charge is 2.25. The van der Waals surface area contributed by atoms with Crippen LogP contribution in [-0.4, -0.2) is 39.6 Å². The van der Waals surface area contributed by atoms with E-state index in [1.807, 2.05) is 4.68 Å². The molecule has 2 atom stereocenters. The van der Waals surface area contributed by atoms with E-state index in [9.17, 15) is 5.11 Å². The topological polar surface area (TPSA) is 63.0 Å². The van der Waals surface area contributed by atoms with Crippen LogP contribution in [-0.2, 0) is 13.0 Å². The summed E-state index contributed by atoms with van der Waals surface area (Å²) >= 11 is 0. The smallest absolute Gasteiger partial charge is 0.155 e. The highest BCUT2D eigenvalue weighted by atomic mass is 16.3. The molecule has 1 fully saturated rings. The van der Waals surface area contributed by atoms with Gasteiger partial charge in [-0.1, -0.05) is 0 Å². The summed E-state index contributed by atoms with van der Waals surface area (Å²) in [6, 6.07) is 0. The minimum Gasteiger partial charge on any atom is -0.396 e. The molecule has 0 amide bonds. The first-order valence-electron chi connectivity index (χ1n) is 6.62. The van der Waals surface area contributed by atoms with Crippen molar-refractivity contribution in [1.29, 1.82) is 0 Å². The fourth-order valence-electron chi connectivity index (χ4n) is 2.79. The number of hydrogen-bond donors (Lipinski definition) is 2. The Hall–Kier alpha value is -0.940. The minimum atomic E-state index is 0.264.